The van der Waals surface area contributed by atoms with Gasteiger partial charge in [-0.3, -0.25) is 0 Å². The second kappa shape index (κ2) is 4.78. The lowest BCUT2D eigenvalue weighted by Crippen LogP contribution is -2.18. The van der Waals surface area contributed by atoms with Gasteiger partial charge in [0.2, 0.25) is 0 Å². The van der Waals surface area contributed by atoms with E-state index in [-0.39, 0.29) is 29.9 Å². The van der Waals surface area contributed by atoms with Crippen molar-refractivity contribution >= 4 is 9.84 Å². The summed E-state index contributed by atoms with van der Waals surface area (Å²) in [5, 5.41) is 9.51. The Morgan fingerprint density at radius 2 is 2.24 bits per heavy atom. The number of aliphatic hydroxyl groups excluding tert-OH is 1. The van der Waals surface area contributed by atoms with Gasteiger partial charge >= 0.3 is 0 Å². The zero-order valence-electron chi connectivity index (χ0n) is 9.96. The number of hydrogen-bond acceptors (Lipinski definition) is 3. The highest BCUT2D eigenvalue weighted by Crippen LogP contribution is 2.33. The van der Waals surface area contributed by atoms with Crippen LogP contribution in [0.5, 0.6) is 0 Å². The second-order valence-electron chi connectivity index (χ2n) is 4.87. The van der Waals surface area contributed by atoms with Crippen LogP contribution < -0.4 is 0 Å². The van der Waals surface area contributed by atoms with Crippen LogP contribution in [-0.2, 0) is 9.84 Å². The summed E-state index contributed by atoms with van der Waals surface area (Å²) in [6.45, 7) is 2.02. The summed E-state index contributed by atoms with van der Waals surface area (Å²) < 4.78 is 23.0. The van der Waals surface area contributed by atoms with Crippen LogP contribution in [0.1, 0.15) is 23.5 Å². The third-order valence-corrected chi connectivity index (χ3v) is 5.30. The molecule has 1 aliphatic rings. The van der Waals surface area contributed by atoms with Crippen molar-refractivity contribution in [2.45, 2.75) is 19.3 Å². The van der Waals surface area contributed by atoms with Crippen LogP contribution in [0.4, 0.5) is 0 Å². The smallest absolute Gasteiger partial charge is 0.150 e. The number of aryl methyl sites for hydroxylation is 1. The van der Waals surface area contributed by atoms with Crippen LogP contribution in [-0.4, -0.2) is 31.6 Å². The first-order valence-electron chi connectivity index (χ1n) is 5.90. The monoisotopic (exact) mass is 254 g/mol. The maximum atomic E-state index is 11.5. The van der Waals surface area contributed by atoms with Gasteiger partial charge in [0.15, 0.2) is 9.84 Å². The summed E-state index contributed by atoms with van der Waals surface area (Å²) in [7, 11) is -2.88. The highest BCUT2D eigenvalue weighted by atomic mass is 32.2. The summed E-state index contributed by atoms with van der Waals surface area (Å²) in [6.07, 6.45) is 0.668. The van der Waals surface area contributed by atoms with Crippen LogP contribution in [0, 0.1) is 12.8 Å². The number of sulfone groups is 1. The molecule has 2 rings (SSSR count). The van der Waals surface area contributed by atoms with E-state index in [2.05, 4.69) is 0 Å². The van der Waals surface area contributed by atoms with Crippen LogP contribution in [0.2, 0.25) is 0 Å². The topological polar surface area (TPSA) is 54.4 Å². The zero-order valence-corrected chi connectivity index (χ0v) is 10.8. The van der Waals surface area contributed by atoms with Crippen LogP contribution in [0.25, 0.3) is 0 Å². The molecule has 1 heterocycles. The van der Waals surface area contributed by atoms with Crippen molar-refractivity contribution < 1.29 is 13.5 Å². The summed E-state index contributed by atoms with van der Waals surface area (Å²) >= 11 is 0. The van der Waals surface area contributed by atoms with Crippen molar-refractivity contribution in [2.75, 3.05) is 18.1 Å². The number of benzene rings is 1. The fraction of sp³-hybridized carbons (Fsp3) is 0.538. The highest BCUT2D eigenvalue weighted by molar-refractivity contribution is 7.91. The lowest BCUT2D eigenvalue weighted by atomic mass is 9.86. The number of aliphatic hydroxyl groups is 1. The molecular weight excluding hydrogens is 236 g/mol. The summed E-state index contributed by atoms with van der Waals surface area (Å²) in [6, 6.07) is 7.96. The molecule has 1 aliphatic heterocycles. The van der Waals surface area contributed by atoms with Gasteiger partial charge in [-0.15, -0.1) is 0 Å². The quantitative estimate of drug-likeness (QED) is 0.889. The number of hydrogen-bond donors (Lipinski definition) is 1. The van der Waals surface area contributed by atoms with Crippen LogP contribution >= 0.6 is 0 Å². The minimum absolute atomic E-state index is 0.0175. The zero-order chi connectivity index (χ0) is 12.5. The van der Waals surface area contributed by atoms with E-state index in [1.54, 1.807) is 0 Å². The first-order chi connectivity index (χ1) is 8.02. The first-order valence-corrected chi connectivity index (χ1v) is 7.72. The molecule has 0 aliphatic carbocycles. The van der Waals surface area contributed by atoms with E-state index in [4.69, 9.17) is 0 Å². The molecule has 94 valence electrons. The van der Waals surface area contributed by atoms with E-state index in [1.165, 1.54) is 0 Å². The van der Waals surface area contributed by atoms with Crippen molar-refractivity contribution in [1.29, 1.82) is 0 Å². The molecule has 0 saturated carbocycles. The third kappa shape index (κ3) is 2.87. The molecule has 2 unspecified atom stereocenters. The van der Waals surface area contributed by atoms with Crippen molar-refractivity contribution in [3.63, 3.8) is 0 Å². The van der Waals surface area contributed by atoms with Crippen molar-refractivity contribution in [3.05, 3.63) is 35.4 Å². The van der Waals surface area contributed by atoms with Gasteiger partial charge in [0.25, 0.3) is 0 Å². The van der Waals surface area contributed by atoms with Gasteiger partial charge in [-0.1, -0.05) is 29.8 Å². The second-order valence-corrected chi connectivity index (χ2v) is 7.10. The average molecular weight is 254 g/mol. The van der Waals surface area contributed by atoms with Gasteiger partial charge in [-0.2, -0.15) is 0 Å². The van der Waals surface area contributed by atoms with Gasteiger partial charge in [0.1, 0.15) is 0 Å². The lowest BCUT2D eigenvalue weighted by molar-refractivity contribution is 0.233. The Labute approximate surface area is 102 Å². The molecule has 1 aromatic carbocycles. The van der Waals surface area contributed by atoms with Gasteiger partial charge < -0.3 is 5.11 Å². The maximum absolute atomic E-state index is 11.5. The fourth-order valence-electron chi connectivity index (χ4n) is 2.57. The standard InChI is InChI=1S/C13H18O3S/c1-10-3-2-4-11(7-10)13(8-14)12-5-6-17(15,16)9-12/h2-4,7,12-14H,5-6,8-9H2,1H3. The van der Waals surface area contributed by atoms with Crippen molar-refractivity contribution in [1.82, 2.24) is 0 Å². The predicted molar refractivity (Wildman–Crippen MR) is 67.8 cm³/mol. The Bertz CT molecular complexity index is 493. The first kappa shape index (κ1) is 12.6. The molecule has 0 amide bonds. The van der Waals surface area contributed by atoms with Crippen LogP contribution in [0.15, 0.2) is 24.3 Å². The van der Waals surface area contributed by atoms with Crippen LogP contribution in [0.3, 0.4) is 0 Å². The molecule has 1 aromatic rings. The molecular formula is C13H18O3S. The van der Waals surface area contributed by atoms with E-state index in [0.29, 0.717) is 6.42 Å². The lowest BCUT2D eigenvalue weighted by Gasteiger charge is -2.21. The van der Waals surface area contributed by atoms with E-state index in [0.717, 1.165) is 11.1 Å². The minimum Gasteiger partial charge on any atom is -0.396 e. The van der Waals surface area contributed by atoms with E-state index < -0.39 is 9.84 Å². The molecule has 0 radical (unpaired) electrons. The Balaban J connectivity index is 2.23. The SMILES string of the molecule is Cc1cccc(C(CO)C2CCS(=O)(=O)C2)c1. The summed E-state index contributed by atoms with van der Waals surface area (Å²) in [5.74, 6) is 0.491. The third-order valence-electron chi connectivity index (χ3n) is 3.50. The Morgan fingerprint density at radius 3 is 2.76 bits per heavy atom. The predicted octanol–water partition coefficient (Wildman–Crippen LogP) is 1.51. The molecule has 1 fully saturated rings. The summed E-state index contributed by atoms with van der Waals surface area (Å²) in [5.41, 5.74) is 2.19. The van der Waals surface area contributed by atoms with Gasteiger partial charge in [-0.25, -0.2) is 8.42 Å². The molecule has 1 N–H and O–H groups in total. The summed E-state index contributed by atoms with van der Waals surface area (Å²) in [4.78, 5) is 0. The number of rotatable bonds is 3. The molecule has 0 aromatic heterocycles. The van der Waals surface area contributed by atoms with E-state index in [9.17, 15) is 13.5 Å². The highest BCUT2D eigenvalue weighted by Gasteiger charge is 2.34. The Hall–Kier alpha value is -0.870. The van der Waals surface area contributed by atoms with Gasteiger partial charge in [0.05, 0.1) is 18.1 Å². The molecule has 0 spiro atoms. The maximum Gasteiger partial charge on any atom is 0.150 e. The van der Waals surface area contributed by atoms with Gasteiger partial charge in [-0.05, 0) is 24.8 Å². The molecule has 4 heteroatoms. The van der Waals surface area contributed by atoms with Crippen molar-refractivity contribution in [2.24, 2.45) is 5.92 Å². The van der Waals surface area contributed by atoms with Crippen molar-refractivity contribution in [3.8, 4) is 0 Å². The van der Waals surface area contributed by atoms with Gasteiger partial charge in [0, 0.05) is 5.92 Å². The normalized spacial score (nSPS) is 24.7. The Morgan fingerprint density at radius 1 is 1.47 bits per heavy atom. The molecule has 17 heavy (non-hydrogen) atoms. The van der Waals surface area contributed by atoms with E-state index >= 15 is 0 Å². The minimum atomic E-state index is -2.88. The molecule has 3 nitrogen and oxygen atoms in total. The molecule has 0 bridgehead atoms. The molecule has 2 atom stereocenters. The largest absolute Gasteiger partial charge is 0.396 e. The van der Waals surface area contributed by atoms with E-state index in [1.807, 2.05) is 31.2 Å². The fourth-order valence-corrected chi connectivity index (χ4v) is 4.45. The average Bonchev–Trinajstić information content (AvgIpc) is 2.60. The molecule has 1 saturated heterocycles. The Kier molecular flexibility index (Phi) is 3.54.